The Balaban J connectivity index is -0.000000128. The van der Waals surface area contributed by atoms with Gasteiger partial charge in [-0.05, 0) is 0 Å². The molecular weight excluding hydrogens is 350 g/mol. The number of ether oxygens (including phenoxy) is 2. The van der Waals surface area contributed by atoms with E-state index in [1.807, 2.05) is 0 Å². The van der Waals surface area contributed by atoms with Crippen molar-refractivity contribution in [3.05, 3.63) is 25.7 Å². The molecule has 24 heavy (non-hydrogen) atoms. The minimum Gasteiger partial charge on any atom is -0.756 e. The number of rotatable bonds is 6. The molecule has 0 amide bonds. The number of phosphoric acid groups is 1. The molecule has 14 heteroatoms. The maximum absolute atomic E-state index is 10.2. The van der Waals surface area contributed by atoms with E-state index in [-0.39, 0.29) is 18.9 Å². The van der Waals surface area contributed by atoms with Gasteiger partial charge in [0.2, 0.25) is 0 Å². The zero-order chi connectivity index (χ0) is 19.1. The number of esters is 2. The van der Waals surface area contributed by atoms with Crippen LogP contribution in [-0.2, 0) is 33.2 Å². The molecule has 0 aromatic carbocycles. The van der Waals surface area contributed by atoms with Gasteiger partial charge in [0.25, 0.3) is 7.82 Å². The molecule has 4 N–H and O–H groups in total. The molecule has 0 aromatic rings. The number of aliphatic carboxylic acids is 2. The molecule has 0 saturated heterocycles. The van der Waals surface area contributed by atoms with Crippen molar-refractivity contribution in [2.75, 3.05) is 0 Å². The van der Waals surface area contributed by atoms with Crippen molar-refractivity contribution >= 4 is 31.7 Å². The molecule has 0 aromatic heterocycles. The molecule has 12 nitrogen and oxygen atoms in total. The molecule has 132 valence electrons. The Morgan fingerprint density at radius 1 is 0.917 bits per heavy atom. The second-order valence-corrected chi connectivity index (χ2v) is 3.93. The second kappa shape index (κ2) is 17.4. The zero-order valence-electron chi connectivity index (χ0n) is 12.5. The van der Waals surface area contributed by atoms with Gasteiger partial charge in [0.1, 0.15) is 12.8 Å². The van der Waals surface area contributed by atoms with Gasteiger partial charge in [-0.2, -0.15) is 0 Å². The van der Waals surface area contributed by atoms with E-state index in [4.69, 9.17) is 29.5 Å². The maximum Gasteiger partial charge on any atom is 1.00 e. The predicted molar refractivity (Wildman–Crippen MR) is 69.1 cm³/mol. The van der Waals surface area contributed by atoms with E-state index in [2.05, 4.69) is 22.6 Å². The van der Waals surface area contributed by atoms with Crippen molar-refractivity contribution in [3.63, 3.8) is 0 Å². The van der Waals surface area contributed by atoms with E-state index in [1.165, 1.54) is 0 Å². The molecule has 0 aliphatic rings. The number of carboxylic acid groups (broad SMARTS) is 2. The van der Waals surface area contributed by atoms with E-state index in [0.29, 0.717) is 0 Å². The third kappa shape index (κ3) is 50.1. The average molecular weight is 364 g/mol. The Bertz CT molecular complexity index is 440. The maximum atomic E-state index is 10.2. The summed E-state index contributed by atoms with van der Waals surface area (Å²) in [7, 11) is -4.89. The molecule has 0 unspecified atom stereocenters. The quantitative estimate of drug-likeness (QED) is 0.116. The van der Waals surface area contributed by atoms with E-state index in [9.17, 15) is 19.2 Å². The number of hydrogen-bond donors (Lipinski definition) is 4. The van der Waals surface area contributed by atoms with Crippen LogP contribution in [0.4, 0.5) is 0 Å². The first-order valence-corrected chi connectivity index (χ1v) is 6.67. The van der Waals surface area contributed by atoms with Crippen molar-refractivity contribution in [3.8, 4) is 0 Å². The van der Waals surface area contributed by atoms with Crippen LogP contribution in [0.1, 0.15) is 12.8 Å². The molecule has 0 bridgehead atoms. The summed E-state index contributed by atoms with van der Waals surface area (Å²) in [4.78, 5) is 62.8. The number of hydrogen-bond acceptors (Lipinski definition) is 8. The van der Waals surface area contributed by atoms with Crippen LogP contribution in [0.25, 0.3) is 0 Å². The van der Waals surface area contributed by atoms with Crippen molar-refractivity contribution in [2.45, 2.75) is 12.8 Å². The summed E-state index contributed by atoms with van der Waals surface area (Å²) in [6.07, 6.45) is 0.550. The Hall–Kier alpha value is -1.93. The summed E-state index contributed by atoms with van der Waals surface area (Å²) in [6.45, 7) is 6.14. The third-order valence-corrected chi connectivity index (χ3v) is 1.02. The Morgan fingerprint density at radius 3 is 1.25 bits per heavy atom. The third-order valence-electron chi connectivity index (χ3n) is 1.02. The molecule has 0 atom stereocenters. The summed E-state index contributed by atoms with van der Waals surface area (Å²) in [6, 6.07) is 0. The molecule has 0 heterocycles. The van der Waals surface area contributed by atoms with E-state index >= 15 is 0 Å². The van der Waals surface area contributed by atoms with Gasteiger partial charge in [0, 0.05) is 0 Å². The first-order chi connectivity index (χ1) is 10.3. The largest absolute Gasteiger partial charge is 1.00 e. The fraction of sp³-hybridized carbons (Fsp3) is 0.200. The standard InChI is InChI=1S/2C5H6O4.Li.H3O4P/c2*1-2-9-5(8)3-4(6)7;;1-5(2,3)4/h2*2H,1,3H2,(H,6,7);;(H3,1,2,3,4)/q;;+1;/p-1. The monoisotopic (exact) mass is 364 g/mol. The summed E-state index contributed by atoms with van der Waals surface area (Å²) in [5, 5.41) is 16.0. The predicted octanol–water partition coefficient (Wildman–Crippen LogP) is -4.26. The Morgan fingerprint density at radius 2 is 1.12 bits per heavy atom. The summed E-state index contributed by atoms with van der Waals surface area (Å²) < 4.78 is 17.0. The SMILES string of the molecule is C=COC(=O)CC(=O)O.C=COC(=O)CC(=O)O.O=P([O-])(O)O.[Li+]. The van der Waals surface area contributed by atoms with Crippen LogP contribution in [0.5, 0.6) is 0 Å². The van der Waals surface area contributed by atoms with Crippen LogP contribution in [0.2, 0.25) is 0 Å². The van der Waals surface area contributed by atoms with Gasteiger partial charge in [-0.15, -0.1) is 0 Å². The first kappa shape index (κ1) is 30.0. The van der Waals surface area contributed by atoms with Gasteiger partial charge in [-0.3, -0.25) is 23.7 Å². The molecule has 0 aliphatic carbocycles. The summed E-state index contributed by atoms with van der Waals surface area (Å²) in [5.74, 6) is -4.03. The van der Waals surface area contributed by atoms with Crippen molar-refractivity contribution in [2.24, 2.45) is 0 Å². The van der Waals surface area contributed by atoms with Crippen LogP contribution in [0.15, 0.2) is 25.7 Å². The smallest absolute Gasteiger partial charge is 0.756 e. The van der Waals surface area contributed by atoms with Crippen molar-refractivity contribution in [1.82, 2.24) is 0 Å². The van der Waals surface area contributed by atoms with Crippen LogP contribution < -0.4 is 23.8 Å². The van der Waals surface area contributed by atoms with Gasteiger partial charge < -0.3 is 34.4 Å². The minimum absolute atomic E-state index is 0. The molecule has 0 rings (SSSR count). The fourth-order valence-corrected chi connectivity index (χ4v) is 0.516. The first-order valence-electron chi connectivity index (χ1n) is 5.14. The van der Waals surface area contributed by atoms with E-state index in [0.717, 1.165) is 12.5 Å². The number of carbonyl (C=O) groups is 4. The van der Waals surface area contributed by atoms with Gasteiger partial charge in [-0.25, -0.2) is 0 Å². The molecule has 0 radical (unpaired) electrons. The molecule has 0 aliphatic heterocycles. The summed E-state index contributed by atoms with van der Waals surface area (Å²) in [5.41, 5.74) is 0. The van der Waals surface area contributed by atoms with Crippen molar-refractivity contribution in [1.29, 1.82) is 0 Å². The zero-order valence-corrected chi connectivity index (χ0v) is 13.4. The van der Waals surface area contributed by atoms with Crippen LogP contribution >= 0.6 is 7.82 Å². The molecule has 0 saturated carbocycles. The van der Waals surface area contributed by atoms with E-state index < -0.39 is 44.5 Å². The summed E-state index contributed by atoms with van der Waals surface area (Å²) >= 11 is 0. The number of carboxylic acids is 2. The Kier molecular flexibility index (Phi) is 21.8. The fourth-order valence-electron chi connectivity index (χ4n) is 0.516. The van der Waals surface area contributed by atoms with E-state index in [1.54, 1.807) is 0 Å². The van der Waals surface area contributed by atoms with Gasteiger partial charge in [0.15, 0.2) is 0 Å². The number of carbonyl (C=O) groups excluding carboxylic acids is 2. The van der Waals surface area contributed by atoms with Gasteiger partial charge in [-0.1, -0.05) is 13.2 Å². The van der Waals surface area contributed by atoms with Crippen molar-refractivity contribution < 1.29 is 77.0 Å². The minimum atomic E-state index is -4.89. The van der Waals surface area contributed by atoms with Crippen LogP contribution in [0.3, 0.4) is 0 Å². The molecule has 0 spiro atoms. The second-order valence-electron chi connectivity index (χ2n) is 2.94. The van der Waals surface area contributed by atoms with Gasteiger partial charge in [0.05, 0.1) is 12.5 Å². The average Bonchev–Trinajstić information content (AvgIpc) is 2.25. The van der Waals surface area contributed by atoms with Gasteiger partial charge >= 0.3 is 42.7 Å². The normalized spacial score (nSPS) is 8.46. The Labute approximate surface area is 147 Å². The molecule has 0 fully saturated rings. The van der Waals surface area contributed by atoms with Crippen LogP contribution in [0, 0.1) is 0 Å². The van der Waals surface area contributed by atoms with Crippen LogP contribution in [-0.4, -0.2) is 43.9 Å². The topological polar surface area (TPSA) is 208 Å². The molecular formula is C10H14LiO12P.